The van der Waals surface area contributed by atoms with Crippen LogP contribution in [0.25, 0.3) is 21.8 Å². The molecule has 3 aromatic heterocycles. The number of thioether (sulfide) groups is 1. The molecule has 1 atom stereocenters. The standard InChI is InChI=1S/C23H27N5OS2/c1-4-16-6-5-15(12-24-16)20-19-13(2)11-18-22(31-23(26-18)25-14(3)29)21(19)28(27-20)17-7-9-30-10-8-17/h5-6,12-13,17H,4,7-11H2,1-3H3,(H,25,26,29). The lowest BCUT2D eigenvalue weighted by Crippen LogP contribution is -2.18. The van der Waals surface area contributed by atoms with Crippen molar-refractivity contribution in [3.05, 3.63) is 35.3 Å². The van der Waals surface area contributed by atoms with Gasteiger partial charge < -0.3 is 5.32 Å². The molecule has 5 rings (SSSR count). The van der Waals surface area contributed by atoms with Gasteiger partial charge in [-0.3, -0.25) is 14.5 Å². The largest absolute Gasteiger partial charge is 0.302 e. The number of amides is 1. The number of anilines is 1. The number of aryl methyl sites for hydroxylation is 1. The van der Waals surface area contributed by atoms with E-state index >= 15 is 0 Å². The number of thiazole rings is 1. The van der Waals surface area contributed by atoms with Crippen LogP contribution in [0.15, 0.2) is 18.3 Å². The van der Waals surface area contributed by atoms with Gasteiger partial charge in [-0.2, -0.15) is 16.9 Å². The molecule has 1 fully saturated rings. The Hall–Kier alpha value is -2.19. The molecular weight excluding hydrogens is 426 g/mol. The van der Waals surface area contributed by atoms with E-state index in [0.717, 1.165) is 53.2 Å². The van der Waals surface area contributed by atoms with Crippen molar-refractivity contribution in [1.82, 2.24) is 19.7 Å². The van der Waals surface area contributed by atoms with E-state index in [2.05, 4.69) is 41.0 Å². The van der Waals surface area contributed by atoms with Crippen LogP contribution in [0, 0.1) is 0 Å². The van der Waals surface area contributed by atoms with E-state index in [4.69, 9.17) is 10.1 Å². The van der Waals surface area contributed by atoms with E-state index in [1.165, 1.54) is 29.7 Å². The number of pyridine rings is 1. The highest BCUT2D eigenvalue weighted by atomic mass is 32.2. The number of nitrogens with one attached hydrogen (secondary N) is 1. The third-order valence-electron chi connectivity index (χ3n) is 6.13. The molecule has 1 aliphatic carbocycles. The maximum Gasteiger partial charge on any atom is 0.223 e. The highest BCUT2D eigenvalue weighted by molar-refractivity contribution is 7.99. The summed E-state index contributed by atoms with van der Waals surface area (Å²) in [7, 11) is 0. The first kappa shape index (κ1) is 20.7. The van der Waals surface area contributed by atoms with Crippen molar-refractivity contribution in [2.75, 3.05) is 16.8 Å². The van der Waals surface area contributed by atoms with Crippen LogP contribution in [-0.2, 0) is 17.6 Å². The van der Waals surface area contributed by atoms with Gasteiger partial charge in [0.15, 0.2) is 5.13 Å². The second kappa shape index (κ2) is 8.39. The zero-order valence-corrected chi connectivity index (χ0v) is 19.8. The summed E-state index contributed by atoms with van der Waals surface area (Å²) in [5, 5.41) is 8.78. The van der Waals surface area contributed by atoms with Crippen LogP contribution in [0.4, 0.5) is 5.13 Å². The topological polar surface area (TPSA) is 72.7 Å². The Morgan fingerprint density at radius 2 is 2.10 bits per heavy atom. The van der Waals surface area contributed by atoms with E-state index in [1.807, 2.05) is 18.0 Å². The third kappa shape index (κ3) is 3.80. The van der Waals surface area contributed by atoms with Crippen molar-refractivity contribution in [3.8, 4) is 21.8 Å². The lowest BCUT2D eigenvalue weighted by molar-refractivity contribution is -0.114. The Bertz CT molecular complexity index is 1110. The van der Waals surface area contributed by atoms with Gasteiger partial charge in [-0.15, -0.1) is 0 Å². The van der Waals surface area contributed by atoms with Crippen LogP contribution in [0.2, 0.25) is 0 Å². The average Bonchev–Trinajstić information content (AvgIpc) is 3.35. The van der Waals surface area contributed by atoms with Crippen LogP contribution < -0.4 is 5.32 Å². The fraction of sp³-hybridized carbons (Fsp3) is 0.478. The molecule has 0 radical (unpaired) electrons. The summed E-state index contributed by atoms with van der Waals surface area (Å²) < 4.78 is 2.28. The van der Waals surface area contributed by atoms with Crippen molar-refractivity contribution >= 4 is 34.1 Å². The SMILES string of the molecule is CCc1ccc(-c2nn(C3CCSCC3)c3c2C(C)Cc2nc(NC(C)=O)sc2-3)cn1. The highest BCUT2D eigenvalue weighted by Crippen LogP contribution is 2.49. The van der Waals surface area contributed by atoms with Crippen molar-refractivity contribution in [1.29, 1.82) is 0 Å². The first-order valence-corrected chi connectivity index (χ1v) is 12.9. The number of carbonyl (C=O) groups is 1. The van der Waals surface area contributed by atoms with Crippen LogP contribution in [-0.4, -0.2) is 37.2 Å². The highest BCUT2D eigenvalue weighted by Gasteiger charge is 2.35. The number of hydrogen-bond acceptors (Lipinski definition) is 6. The number of carbonyl (C=O) groups excluding carboxylic acids is 1. The Kier molecular flexibility index (Phi) is 5.60. The molecule has 3 aromatic rings. The molecule has 31 heavy (non-hydrogen) atoms. The van der Waals surface area contributed by atoms with E-state index in [-0.39, 0.29) is 5.91 Å². The molecule has 8 heteroatoms. The Morgan fingerprint density at radius 3 is 2.77 bits per heavy atom. The summed E-state index contributed by atoms with van der Waals surface area (Å²) in [5.41, 5.74) is 6.81. The minimum Gasteiger partial charge on any atom is -0.302 e. The zero-order valence-electron chi connectivity index (χ0n) is 18.1. The minimum atomic E-state index is -0.0834. The lowest BCUT2D eigenvalue weighted by Gasteiger charge is -2.26. The summed E-state index contributed by atoms with van der Waals surface area (Å²) in [4.78, 5) is 22.2. The van der Waals surface area contributed by atoms with E-state index in [0.29, 0.717) is 17.1 Å². The van der Waals surface area contributed by atoms with Gasteiger partial charge in [0.05, 0.1) is 28.0 Å². The molecule has 6 nitrogen and oxygen atoms in total. The average molecular weight is 454 g/mol. The number of hydrogen-bond donors (Lipinski definition) is 1. The second-order valence-corrected chi connectivity index (χ2v) is 10.6. The van der Waals surface area contributed by atoms with Crippen molar-refractivity contribution in [3.63, 3.8) is 0 Å². The summed E-state index contributed by atoms with van der Waals surface area (Å²) in [6, 6.07) is 4.67. The molecule has 162 valence electrons. The summed E-state index contributed by atoms with van der Waals surface area (Å²) in [6.07, 6.45) is 6.02. The fourth-order valence-corrected chi connectivity index (χ4v) is 6.76. The molecule has 0 bridgehead atoms. The molecule has 0 aromatic carbocycles. The fourth-order valence-electron chi connectivity index (χ4n) is 4.59. The zero-order chi connectivity index (χ0) is 21.5. The summed E-state index contributed by atoms with van der Waals surface area (Å²) >= 11 is 3.60. The molecule has 1 unspecified atom stereocenters. The third-order valence-corrected chi connectivity index (χ3v) is 8.20. The van der Waals surface area contributed by atoms with Gasteiger partial charge in [0, 0.05) is 29.9 Å². The molecule has 0 spiro atoms. The van der Waals surface area contributed by atoms with Crippen molar-refractivity contribution < 1.29 is 4.79 Å². The molecule has 1 aliphatic heterocycles. The summed E-state index contributed by atoms with van der Waals surface area (Å²) in [6.45, 7) is 5.92. The smallest absolute Gasteiger partial charge is 0.223 e. The van der Waals surface area contributed by atoms with E-state index in [1.54, 1.807) is 11.3 Å². The molecule has 2 aliphatic rings. The van der Waals surface area contributed by atoms with E-state index in [9.17, 15) is 4.79 Å². The predicted molar refractivity (Wildman–Crippen MR) is 128 cm³/mol. The summed E-state index contributed by atoms with van der Waals surface area (Å²) in [5.74, 6) is 2.56. The molecule has 0 saturated carbocycles. The molecule has 1 saturated heterocycles. The normalized spacial score (nSPS) is 18.5. The molecule has 1 amide bonds. The minimum absolute atomic E-state index is 0.0834. The van der Waals surface area contributed by atoms with Gasteiger partial charge in [0.1, 0.15) is 0 Å². The van der Waals surface area contributed by atoms with Gasteiger partial charge in [0.2, 0.25) is 5.91 Å². The first-order valence-electron chi connectivity index (χ1n) is 11.0. The number of fused-ring (bicyclic) bond motifs is 3. The van der Waals surface area contributed by atoms with Crippen LogP contribution in [0.1, 0.15) is 62.5 Å². The van der Waals surface area contributed by atoms with Gasteiger partial charge in [-0.1, -0.05) is 25.2 Å². The van der Waals surface area contributed by atoms with Crippen molar-refractivity contribution in [2.45, 2.75) is 58.4 Å². The van der Waals surface area contributed by atoms with Crippen LogP contribution in [0.3, 0.4) is 0 Å². The second-order valence-electron chi connectivity index (χ2n) is 8.37. The number of nitrogens with zero attached hydrogens (tertiary/aromatic N) is 4. The Balaban J connectivity index is 1.68. The monoisotopic (exact) mass is 453 g/mol. The van der Waals surface area contributed by atoms with Crippen LogP contribution in [0.5, 0.6) is 0 Å². The first-order chi connectivity index (χ1) is 15.0. The Morgan fingerprint density at radius 1 is 1.29 bits per heavy atom. The number of aromatic nitrogens is 4. The van der Waals surface area contributed by atoms with Crippen molar-refractivity contribution in [2.24, 2.45) is 0 Å². The van der Waals surface area contributed by atoms with Gasteiger partial charge in [-0.05, 0) is 55.2 Å². The predicted octanol–water partition coefficient (Wildman–Crippen LogP) is 5.32. The number of rotatable bonds is 4. The van der Waals surface area contributed by atoms with Gasteiger partial charge >= 0.3 is 0 Å². The Labute approximate surface area is 190 Å². The molecular formula is C23H27N5OS2. The maximum absolute atomic E-state index is 11.6. The van der Waals surface area contributed by atoms with E-state index < -0.39 is 0 Å². The van der Waals surface area contributed by atoms with Gasteiger partial charge in [0.25, 0.3) is 0 Å². The molecule has 4 heterocycles. The maximum atomic E-state index is 11.6. The van der Waals surface area contributed by atoms with Crippen LogP contribution >= 0.6 is 23.1 Å². The lowest BCUT2D eigenvalue weighted by atomic mass is 9.86. The van der Waals surface area contributed by atoms with Gasteiger partial charge in [-0.25, -0.2) is 4.98 Å². The quantitative estimate of drug-likeness (QED) is 0.579. The molecule has 1 N–H and O–H groups in total.